The van der Waals surface area contributed by atoms with Gasteiger partial charge in [0.05, 0.1) is 30.8 Å². The molecule has 0 saturated carbocycles. The number of amides is 2. The monoisotopic (exact) mass is 530 g/mol. The highest BCUT2D eigenvalue weighted by Gasteiger charge is 2.35. The summed E-state index contributed by atoms with van der Waals surface area (Å²) in [7, 11) is 0. The van der Waals surface area contributed by atoms with Crippen molar-refractivity contribution in [1.29, 1.82) is 0 Å². The van der Waals surface area contributed by atoms with Crippen LogP contribution in [0.25, 0.3) is 0 Å². The van der Waals surface area contributed by atoms with Crippen LogP contribution in [0.3, 0.4) is 0 Å². The number of aromatic nitrogens is 2. The third-order valence-corrected chi connectivity index (χ3v) is 6.06. The molecule has 0 saturated heterocycles. The van der Waals surface area contributed by atoms with E-state index in [1.54, 1.807) is 60.8 Å². The van der Waals surface area contributed by atoms with Crippen LogP contribution in [0.1, 0.15) is 5.56 Å². The average molecular weight is 531 g/mol. The highest BCUT2D eigenvalue weighted by Crippen LogP contribution is 2.28. The molecule has 0 aliphatic carbocycles. The van der Waals surface area contributed by atoms with Gasteiger partial charge >= 0.3 is 0 Å². The number of benzene rings is 2. The van der Waals surface area contributed by atoms with Crippen LogP contribution in [0, 0.1) is 0 Å². The van der Waals surface area contributed by atoms with Crippen LogP contribution in [-0.2, 0) is 22.6 Å². The summed E-state index contributed by atoms with van der Waals surface area (Å²) in [4.78, 5) is 27.7. The predicted molar refractivity (Wildman–Crippen MR) is 135 cm³/mol. The van der Waals surface area contributed by atoms with Crippen LogP contribution in [0.2, 0.25) is 10.0 Å². The lowest BCUT2D eigenvalue weighted by Crippen LogP contribution is -2.47. The number of aliphatic hydroxyl groups excluding tert-OH is 2. The molecule has 36 heavy (non-hydrogen) atoms. The summed E-state index contributed by atoms with van der Waals surface area (Å²) in [6.07, 6.45) is 2.17. The largest absolute Gasteiger partial charge is 0.458 e. The van der Waals surface area contributed by atoms with E-state index in [4.69, 9.17) is 33.0 Å². The predicted octanol–water partition coefficient (Wildman–Crippen LogP) is 2.90. The zero-order chi connectivity index (χ0) is 25.7. The minimum absolute atomic E-state index is 0.0673. The molecular weight excluding hydrogens is 507 g/mol. The molecule has 2 aromatic carbocycles. The van der Waals surface area contributed by atoms with E-state index in [0.29, 0.717) is 21.6 Å². The van der Waals surface area contributed by atoms with Crippen LogP contribution in [0.5, 0.6) is 5.75 Å². The summed E-state index contributed by atoms with van der Waals surface area (Å²) < 4.78 is 7.24. The molecule has 0 fully saturated rings. The molecule has 11 heteroatoms. The van der Waals surface area contributed by atoms with Crippen molar-refractivity contribution in [2.45, 2.75) is 25.1 Å². The average Bonchev–Trinajstić information content (AvgIpc) is 3.45. The molecule has 4 rings (SSSR count). The topological polar surface area (TPSA) is 117 Å². The fourth-order valence-corrected chi connectivity index (χ4v) is 4.01. The van der Waals surface area contributed by atoms with E-state index in [1.807, 2.05) is 0 Å². The molecular formula is C25H24Cl2N4O5. The minimum Gasteiger partial charge on any atom is -0.458 e. The number of nitrogens with zero attached hydrogens (tertiary/aromatic N) is 3. The van der Waals surface area contributed by atoms with Crippen molar-refractivity contribution in [2.24, 2.45) is 0 Å². The summed E-state index contributed by atoms with van der Waals surface area (Å²) >= 11 is 12.2. The number of para-hydroxylation sites is 1. The number of hydrogen-bond acceptors (Lipinski definition) is 6. The third-order valence-electron chi connectivity index (χ3n) is 5.49. The highest BCUT2D eigenvalue weighted by molar-refractivity contribution is 6.32. The Morgan fingerprint density at radius 1 is 1.14 bits per heavy atom. The van der Waals surface area contributed by atoms with E-state index in [1.165, 1.54) is 15.7 Å². The summed E-state index contributed by atoms with van der Waals surface area (Å²) in [6, 6.07) is 14.6. The Bertz CT molecular complexity index is 1260. The summed E-state index contributed by atoms with van der Waals surface area (Å²) in [5, 5.41) is 26.5. The third kappa shape index (κ3) is 6.44. The van der Waals surface area contributed by atoms with Gasteiger partial charge in [0, 0.05) is 29.8 Å². The maximum atomic E-state index is 13.4. The van der Waals surface area contributed by atoms with Crippen molar-refractivity contribution >= 4 is 40.8 Å². The quantitative estimate of drug-likeness (QED) is 0.371. The van der Waals surface area contributed by atoms with E-state index >= 15 is 0 Å². The van der Waals surface area contributed by atoms with E-state index in [-0.39, 0.29) is 31.2 Å². The SMILES string of the molecule is O=C(Nc1ccn(CC(O)CO)n1)C(Cc1ccc(Cl)cc1)N1CC(Oc2ccccc2Cl)=CC1=O. The summed E-state index contributed by atoms with van der Waals surface area (Å²) in [5.74, 6) is 0.207. The first-order chi connectivity index (χ1) is 17.3. The summed E-state index contributed by atoms with van der Waals surface area (Å²) in [6.45, 7) is -0.266. The number of aliphatic hydroxyl groups is 2. The molecule has 2 heterocycles. The van der Waals surface area contributed by atoms with Gasteiger partial charge in [0.2, 0.25) is 5.91 Å². The first-order valence-electron chi connectivity index (χ1n) is 11.1. The zero-order valence-electron chi connectivity index (χ0n) is 19.1. The first kappa shape index (κ1) is 25.7. The van der Waals surface area contributed by atoms with Gasteiger partial charge in [-0.3, -0.25) is 14.3 Å². The van der Waals surface area contributed by atoms with E-state index < -0.39 is 24.7 Å². The van der Waals surface area contributed by atoms with Gasteiger partial charge in [-0.15, -0.1) is 0 Å². The Balaban J connectivity index is 1.51. The molecule has 1 aromatic heterocycles. The number of nitrogens with one attached hydrogen (secondary N) is 1. The van der Waals surface area contributed by atoms with Crippen LogP contribution < -0.4 is 10.1 Å². The van der Waals surface area contributed by atoms with Gasteiger partial charge in [-0.25, -0.2) is 0 Å². The Kier molecular flexibility index (Phi) is 8.27. The maximum absolute atomic E-state index is 13.4. The molecule has 1 aliphatic heterocycles. The Morgan fingerprint density at radius 3 is 2.61 bits per heavy atom. The van der Waals surface area contributed by atoms with Crippen molar-refractivity contribution in [3.8, 4) is 5.75 Å². The Labute approximate surface area is 217 Å². The lowest BCUT2D eigenvalue weighted by molar-refractivity contribution is -0.133. The second kappa shape index (κ2) is 11.6. The number of ether oxygens (including phenoxy) is 1. The van der Waals surface area contributed by atoms with Gasteiger partial charge in [0.25, 0.3) is 5.91 Å². The lowest BCUT2D eigenvalue weighted by atomic mass is 10.0. The van der Waals surface area contributed by atoms with Crippen LogP contribution in [-0.4, -0.2) is 62.0 Å². The second-order valence-corrected chi connectivity index (χ2v) is 9.05. The van der Waals surface area contributed by atoms with Crippen LogP contribution >= 0.6 is 23.2 Å². The first-order valence-corrected chi connectivity index (χ1v) is 11.9. The molecule has 3 N–H and O–H groups in total. The molecule has 2 unspecified atom stereocenters. The van der Waals surface area contributed by atoms with E-state index in [2.05, 4.69) is 10.4 Å². The van der Waals surface area contributed by atoms with Crippen molar-refractivity contribution in [1.82, 2.24) is 14.7 Å². The van der Waals surface area contributed by atoms with Gasteiger partial charge in [0.1, 0.15) is 17.6 Å². The number of rotatable bonds is 10. The molecule has 3 aromatic rings. The minimum atomic E-state index is -0.976. The standard InChI is InChI=1S/C25H24Cl2N4O5/c26-17-7-5-16(6-8-17)11-21(25(35)28-23-9-10-30(29-23)13-18(33)15-32)31-14-19(12-24(31)34)36-22-4-2-1-3-20(22)27/h1-10,12,18,21,32-33H,11,13-15H2,(H,28,29,35). The fraction of sp³-hybridized carbons (Fsp3) is 0.240. The lowest BCUT2D eigenvalue weighted by Gasteiger charge is -2.27. The normalized spacial score (nSPS) is 14.9. The van der Waals surface area contributed by atoms with E-state index in [0.717, 1.165) is 5.56 Å². The number of hydrogen-bond donors (Lipinski definition) is 3. The zero-order valence-corrected chi connectivity index (χ0v) is 20.6. The van der Waals surface area contributed by atoms with Crippen molar-refractivity contribution in [2.75, 3.05) is 18.5 Å². The Morgan fingerprint density at radius 2 is 1.89 bits per heavy atom. The van der Waals surface area contributed by atoms with Crippen molar-refractivity contribution in [3.63, 3.8) is 0 Å². The molecule has 0 spiro atoms. The van der Waals surface area contributed by atoms with Gasteiger partial charge in [0.15, 0.2) is 5.82 Å². The fourth-order valence-electron chi connectivity index (χ4n) is 3.71. The second-order valence-electron chi connectivity index (χ2n) is 8.20. The molecule has 1 aliphatic rings. The smallest absolute Gasteiger partial charge is 0.251 e. The number of carbonyl (C=O) groups is 2. The van der Waals surface area contributed by atoms with Crippen molar-refractivity contribution in [3.05, 3.63) is 88.2 Å². The number of carbonyl (C=O) groups excluding carboxylic acids is 2. The van der Waals surface area contributed by atoms with Crippen molar-refractivity contribution < 1.29 is 24.5 Å². The number of halogens is 2. The molecule has 0 bridgehead atoms. The molecule has 2 amide bonds. The molecule has 188 valence electrons. The molecule has 9 nitrogen and oxygen atoms in total. The van der Waals surface area contributed by atoms with Crippen LogP contribution in [0.15, 0.2) is 72.6 Å². The van der Waals surface area contributed by atoms with Gasteiger partial charge in [-0.2, -0.15) is 5.10 Å². The van der Waals surface area contributed by atoms with Gasteiger partial charge in [-0.05, 0) is 29.8 Å². The van der Waals surface area contributed by atoms with Gasteiger partial charge in [-0.1, -0.05) is 47.5 Å². The van der Waals surface area contributed by atoms with Crippen LogP contribution in [0.4, 0.5) is 5.82 Å². The highest BCUT2D eigenvalue weighted by atomic mass is 35.5. The maximum Gasteiger partial charge on any atom is 0.251 e. The molecule has 0 radical (unpaired) electrons. The number of anilines is 1. The van der Waals surface area contributed by atoms with Gasteiger partial charge < -0.3 is 25.2 Å². The van der Waals surface area contributed by atoms with E-state index in [9.17, 15) is 14.7 Å². The summed E-state index contributed by atoms with van der Waals surface area (Å²) in [5.41, 5.74) is 0.810. The molecule has 2 atom stereocenters. The Hall–Kier alpha value is -3.37.